The summed E-state index contributed by atoms with van der Waals surface area (Å²) >= 11 is 1.71. The van der Waals surface area contributed by atoms with E-state index in [1.165, 1.54) is 4.88 Å². The molecule has 0 aliphatic carbocycles. The number of carbonyl (C=O) groups is 1. The molecule has 3 atom stereocenters. The Bertz CT molecular complexity index is 337. The second-order valence-electron chi connectivity index (χ2n) is 4.60. The highest BCUT2D eigenvalue weighted by Gasteiger charge is 2.20. The molecule has 0 aliphatic heterocycles. The molecular weight excluding hydrogens is 232 g/mol. The van der Waals surface area contributed by atoms with Gasteiger partial charge in [0.2, 0.25) is 5.91 Å². The summed E-state index contributed by atoms with van der Waals surface area (Å²) < 4.78 is 0. The van der Waals surface area contributed by atoms with Crippen molar-refractivity contribution in [1.29, 1.82) is 0 Å². The van der Waals surface area contributed by atoms with E-state index in [0.29, 0.717) is 0 Å². The van der Waals surface area contributed by atoms with Gasteiger partial charge in [-0.2, -0.15) is 0 Å². The summed E-state index contributed by atoms with van der Waals surface area (Å²) in [6, 6.07) is 3.85. The summed E-state index contributed by atoms with van der Waals surface area (Å²) in [5, 5.41) is 5.03. The standard InChI is InChI=1S/C13H22N2OS/c1-4-9(2)12(14)13(16)15-10(3)8-11-6-5-7-17-11/h5-7,9-10,12H,4,8,14H2,1-3H3,(H,15,16)/t9-,10?,12-/m1/s1. The molecule has 0 saturated heterocycles. The number of rotatable bonds is 6. The highest BCUT2D eigenvalue weighted by atomic mass is 32.1. The normalized spacial score (nSPS) is 16.2. The molecule has 0 aliphatic rings. The Balaban J connectivity index is 2.40. The topological polar surface area (TPSA) is 55.1 Å². The van der Waals surface area contributed by atoms with Crippen LogP contribution >= 0.6 is 11.3 Å². The number of carbonyl (C=O) groups excluding carboxylic acids is 1. The molecule has 0 radical (unpaired) electrons. The number of nitrogens with one attached hydrogen (secondary N) is 1. The van der Waals surface area contributed by atoms with Gasteiger partial charge in [-0.15, -0.1) is 11.3 Å². The van der Waals surface area contributed by atoms with Gasteiger partial charge in [0.15, 0.2) is 0 Å². The van der Waals surface area contributed by atoms with E-state index in [9.17, 15) is 4.79 Å². The monoisotopic (exact) mass is 254 g/mol. The van der Waals surface area contributed by atoms with Crippen LogP contribution in [0.2, 0.25) is 0 Å². The lowest BCUT2D eigenvalue weighted by molar-refractivity contribution is -0.124. The lowest BCUT2D eigenvalue weighted by Gasteiger charge is -2.20. The van der Waals surface area contributed by atoms with E-state index in [0.717, 1.165) is 12.8 Å². The molecule has 1 rings (SSSR count). The Morgan fingerprint density at radius 1 is 1.53 bits per heavy atom. The molecule has 0 fully saturated rings. The molecule has 1 unspecified atom stereocenters. The SMILES string of the molecule is CC[C@@H](C)[C@@H](N)C(=O)NC(C)Cc1cccs1. The van der Waals surface area contributed by atoms with E-state index < -0.39 is 6.04 Å². The summed E-state index contributed by atoms with van der Waals surface area (Å²) in [5.41, 5.74) is 5.88. The van der Waals surface area contributed by atoms with Crippen LogP contribution in [0.15, 0.2) is 17.5 Å². The van der Waals surface area contributed by atoms with Crippen molar-refractivity contribution in [3.63, 3.8) is 0 Å². The van der Waals surface area contributed by atoms with Gasteiger partial charge in [-0.25, -0.2) is 0 Å². The number of hydrogen-bond acceptors (Lipinski definition) is 3. The largest absolute Gasteiger partial charge is 0.352 e. The van der Waals surface area contributed by atoms with Crippen LogP contribution in [0, 0.1) is 5.92 Å². The second kappa shape index (κ2) is 6.77. The van der Waals surface area contributed by atoms with Gasteiger partial charge in [0, 0.05) is 17.3 Å². The number of nitrogens with two attached hydrogens (primary N) is 1. The molecule has 3 N–H and O–H groups in total. The van der Waals surface area contributed by atoms with Crippen molar-refractivity contribution < 1.29 is 4.79 Å². The van der Waals surface area contributed by atoms with Crippen LogP contribution in [0.5, 0.6) is 0 Å². The molecule has 17 heavy (non-hydrogen) atoms. The van der Waals surface area contributed by atoms with E-state index in [1.54, 1.807) is 11.3 Å². The van der Waals surface area contributed by atoms with Crippen molar-refractivity contribution >= 4 is 17.2 Å². The first-order valence-electron chi connectivity index (χ1n) is 6.13. The third-order valence-electron chi connectivity index (χ3n) is 3.04. The molecule has 1 aromatic rings. The average molecular weight is 254 g/mol. The molecule has 0 bridgehead atoms. The third-order valence-corrected chi connectivity index (χ3v) is 3.93. The maximum atomic E-state index is 11.8. The Kier molecular flexibility index (Phi) is 5.65. The molecule has 0 saturated carbocycles. The highest BCUT2D eigenvalue weighted by Crippen LogP contribution is 2.11. The predicted octanol–water partition coefficient (Wildman–Crippen LogP) is 2.17. The van der Waals surface area contributed by atoms with Crippen molar-refractivity contribution in [2.24, 2.45) is 11.7 Å². The van der Waals surface area contributed by atoms with Gasteiger partial charge in [0.25, 0.3) is 0 Å². The zero-order valence-electron chi connectivity index (χ0n) is 10.8. The van der Waals surface area contributed by atoms with Gasteiger partial charge in [0.05, 0.1) is 6.04 Å². The smallest absolute Gasteiger partial charge is 0.237 e. The van der Waals surface area contributed by atoms with Crippen LogP contribution in [0.3, 0.4) is 0 Å². The lowest BCUT2D eigenvalue weighted by Crippen LogP contribution is -2.48. The summed E-state index contributed by atoms with van der Waals surface area (Å²) in [6.45, 7) is 6.07. The Morgan fingerprint density at radius 3 is 2.76 bits per heavy atom. The van der Waals surface area contributed by atoms with Crippen molar-refractivity contribution in [2.75, 3.05) is 0 Å². The molecule has 1 heterocycles. The molecule has 1 amide bonds. The van der Waals surface area contributed by atoms with Gasteiger partial charge in [-0.3, -0.25) is 4.79 Å². The van der Waals surface area contributed by atoms with E-state index in [2.05, 4.69) is 16.8 Å². The quantitative estimate of drug-likeness (QED) is 0.817. The Hall–Kier alpha value is -0.870. The summed E-state index contributed by atoms with van der Waals surface area (Å²) in [4.78, 5) is 13.1. The zero-order chi connectivity index (χ0) is 12.8. The van der Waals surface area contributed by atoms with Crippen LogP contribution in [0.4, 0.5) is 0 Å². The highest BCUT2D eigenvalue weighted by molar-refractivity contribution is 7.09. The summed E-state index contributed by atoms with van der Waals surface area (Å²) in [7, 11) is 0. The van der Waals surface area contributed by atoms with Crippen LogP contribution < -0.4 is 11.1 Å². The van der Waals surface area contributed by atoms with Gasteiger partial charge < -0.3 is 11.1 Å². The maximum Gasteiger partial charge on any atom is 0.237 e. The first-order chi connectivity index (χ1) is 8.04. The Labute approximate surface area is 107 Å². The number of amides is 1. The minimum Gasteiger partial charge on any atom is -0.352 e. The maximum absolute atomic E-state index is 11.8. The first-order valence-corrected chi connectivity index (χ1v) is 7.00. The first kappa shape index (κ1) is 14.2. The zero-order valence-corrected chi connectivity index (χ0v) is 11.6. The van der Waals surface area contributed by atoms with Gasteiger partial charge in [0.1, 0.15) is 0 Å². The third kappa shape index (κ3) is 4.48. The predicted molar refractivity (Wildman–Crippen MR) is 73.1 cm³/mol. The Morgan fingerprint density at radius 2 is 2.24 bits per heavy atom. The van der Waals surface area contributed by atoms with Crippen molar-refractivity contribution in [3.8, 4) is 0 Å². The van der Waals surface area contributed by atoms with Gasteiger partial charge in [-0.1, -0.05) is 26.3 Å². The van der Waals surface area contributed by atoms with Crippen LogP contribution in [-0.2, 0) is 11.2 Å². The van der Waals surface area contributed by atoms with Crippen LogP contribution in [0.1, 0.15) is 32.1 Å². The number of hydrogen-bond donors (Lipinski definition) is 2. The number of thiophene rings is 1. The molecule has 0 aromatic carbocycles. The van der Waals surface area contributed by atoms with Gasteiger partial charge in [-0.05, 0) is 24.3 Å². The minimum absolute atomic E-state index is 0.0385. The van der Waals surface area contributed by atoms with E-state index in [1.807, 2.05) is 26.8 Å². The summed E-state index contributed by atoms with van der Waals surface area (Å²) in [6.07, 6.45) is 1.80. The fraction of sp³-hybridized carbons (Fsp3) is 0.615. The molecule has 0 spiro atoms. The molecular formula is C13H22N2OS. The second-order valence-corrected chi connectivity index (χ2v) is 5.64. The van der Waals surface area contributed by atoms with E-state index in [4.69, 9.17) is 5.73 Å². The molecule has 3 nitrogen and oxygen atoms in total. The van der Waals surface area contributed by atoms with E-state index >= 15 is 0 Å². The summed E-state index contributed by atoms with van der Waals surface area (Å²) in [5.74, 6) is 0.187. The van der Waals surface area contributed by atoms with Gasteiger partial charge >= 0.3 is 0 Å². The fourth-order valence-corrected chi connectivity index (χ4v) is 2.47. The van der Waals surface area contributed by atoms with Crippen molar-refractivity contribution in [3.05, 3.63) is 22.4 Å². The fourth-order valence-electron chi connectivity index (χ4n) is 1.63. The molecule has 96 valence electrons. The molecule has 1 aromatic heterocycles. The van der Waals surface area contributed by atoms with Crippen molar-refractivity contribution in [2.45, 2.75) is 45.7 Å². The lowest BCUT2D eigenvalue weighted by atomic mass is 9.99. The average Bonchev–Trinajstić information content (AvgIpc) is 2.79. The molecule has 4 heteroatoms. The van der Waals surface area contributed by atoms with Crippen LogP contribution in [-0.4, -0.2) is 18.0 Å². The minimum atomic E-state index is -0.397. The van der Waals surface area contributed by atoms with Crippen molar-refractivity contribution in [1.82, 2.24) is 5.32 Å². The van der Waals surface area contributed by atoms with E-state index in [-0.39, 0.29) is 17.9 Å². The van der Waals surface area contributed by atoms with Crippen LogP contribution in [0.25, 0.3) is 0 Å².